The van der Waals surface area contributed by atoms with Crippen LogP contribution in [0, 0.1) is 0 Å². The van der Waals surface area contributed by atoms with Crippen molar-refractivity contribution in [2.45, 2.75) is 20.1 Å². The van der Waals surface area contributed by atoms with Gasteiger partial charge in [-0.1, -0.05) is 0 Å². The quantitative estimate of drug-likeness (QED) is 0.368. The van der Waals surface area contributed by atoms with Crippen LogP contribution in [-0.2, 0) is 19.0 Å². The van der Waals surface area contributed by atoms with Gasteiger partial charge in [0.25, 0.3) is 0 Å². The van der Waals surface area contributed by atoms with Gasteiger partial charge in [0.1, 0.15) is 0 Å². The van der Waals surface area contributed by atoms with Crippen LogP contribution >= 0.6 is 0 Å². The van der Waals surface area contributed by atoms with Gasteiger partial charge < -0.3 is 14.2 Å². The van der Waals surface area contributed by atoms with E-state index < -0.39 is 6.29 Å². The first-order valence-corrected chi connectivity index (χ1v) is 4.06. The van der Waals surface area contributed by atoms with E-state index in [0.717, 1.165) is 0 Å². The number of carbonyl (C=O) groups is 1. The minimum absolute atomic E-state index is 0.368. The molecule has 0 unspecified atom stereocenters. The number of hydrogen-bond acceptors (Lipinski definition) is 4. The molecule has 0 spiro atoms. The van der Waals surface area contributed by atoms with Crippen molar-refractivity contribution in [2.24, 2.45) is 0 Å². The molecule has 0 fully saturated rings. The molecule has 0 radical (unpaired) electrons. The zero-order chi connectivity index (χ0) is 10.3. The fourth-order valence-electron chi connectivity index (χ4n) is 0.906. The number of carbonyl (C=O) groups excluding carboxylic acids is 1. The third-order valence-corrected chi connectivity index (χ3v) is 1.43. The molecular weight excluding hydrogens is 172 g/mol. The van der Waals surface area contributed by atoms with E-state index in [1.165, 1.54) is 20.3 Å². The molecule has 0 aromatic heterocycles. The lowest BCUT2D eigenvalue weighted by Gasteiger charge is -2.13. The van der Waals surface area contributed by atoms with Crippen molar-refractivity contribution in [1.29, 1.82) is 0 Å². The summed E-state index contributed by atoms with van der Waals surface area (Å²) in [6.07, 6.45) is 0.880. The zero-order valence-electron chi connectivity index (χ0n) is 8.49. The molecular formula is C9H16O4. The van der Waals surface area contributed by atoms with Gasteiger partial charge in [-0.05, 0) is 19.4 Å². The van der Waals surface area contributed by atoms with Crippen LogP contribution in [0.3, 0.4) is 0 Å². The van der Waals surface area contributed by atoms with Crippen LogP contribution in [0.4, 0.5) is 0 Å². The molecule has 0 saturated heterocycles. The molecule has 0 amide bonds. The van der Waals surface area contributed by atoms with Gasteiger partial charge >= 0.3 is 5.97 Å². The summed E-state index contributed by atoms with van der Waals surface area (Å²) >= 11 is 0. The minimum Gasteiger partial charge on any atom is -0.463 e. The minimum atomic E-state index is -0.482. The molecule has 0 atom stereocenters. The van der Waals surface area contributed by atoms with E-state index in [9.17, 15) is 4.79 Å². The fourth-order valence-corrected chi connectivity index (χ4v) is 0.906. The van der Waals surface area contributed by atoms with Gasteiger partial charge in [0.05, 0.1) is 6.61 Å². The summed E-state index contributed by atoms with van der Waals surface area (Å²) in [5, 5.41) is 0. The molecule has 76 valence electrons. The Morgan fingerprint density at radius 3 is 2.31 bits per heavy atom. The van der Waals surface area contributed by atoms with Crippen LogP contribution < -0.4 is 0 Å². The highest BCUT2D eigenvalue weighted by Crippen LogP contribution is 2.05. The van der Waals surface area contributed by atoms with Crippen LogP contribution in [0.5, 0.6) is 0 Å². The molecule has 0 aliphatic heterocycles. The van der Waals surface area contributed by atoms with E-state index in [1.54, 1.807) is 13.8 Å². The van der Waals surface area contributed by atoms with Crippen LogP contribution in [0.2, 0.25) is 0 Å². The predicted molar refractivity (Wildman–Crippen MR) is 48.2 cm³/mol. The predicted octanol–water partition coefficient (Wildman–Crippen LogP) is 1.11. The maximum Gasteiger partial charge on any atom is 0.330 e. The monoisotopic (exact) mass is 188 g/mol. The standard InChI is InChI=1S/C9H16O4/c1-5-13-8(10)6-7(2)9(11-3)12-4/h6,9H,5H2,1-4H3/b7-6-. The Morgan fingerprint density at radius 1 is 1.38 bits per heavy atom. The third-order valence-electron chi connectivity index (χ3n) is 1.43. The first-order valence-electron chi connectivity index (χ1n) is 4.06. The number of rotatable bonds is 5. The van der Waals surface area contributed by atoms with Gasteiger partial charge in [-0.15, -0.1) is 0 Å². The summed E-state index contributed by atoms with van der Waals surface area (Å²) in [6.45, 7) is 3.87. The summed E-state index contributed by atoms with van der Waals surface area (Å²) in [4.78, 5) is 11.0. The van der Waals surface area contributed by atoms with Gasteiger partial charge in [0.15, 0.2) is 6.29 Å². The molecule has 4 heteroatoms. The van der Waals surface area contributed by atoms with Crippen molar-refractivity contribution in [3.8, 4) is 0 Å². The van der Waals surface area contributed by atoms with Gasteiger partial charge in [-0.2, -0.15) is 0 Å². The van der Waals surface area contributed by atoms with E-state index in [4.69, 9.17) is 14.2 Å². The van der Waals surface area contributed by atoms with Gasteiger partial charge in [0.2, 0.25) is 0 Å². The largest absolute Gasteiger partial charge is 0.463 e. The van der Waals surface area contributed by atoms with Crippen LogP contribution in [-0.4, -0.2) is 33.1 Å². The number of hydrogen-bond donors (Lipinski definition) is 0. The molecule has 0 rings (SSSR count). The molecule has 0 aromatic carbocycles. The van der Waals surface area contributed by atoms with E-state index in [0.29, 0.717) is 12.2 Å². The zero-order valence-corrected chi connectivity index (χ0v) is 8.49. The summed E-state index contributed by atoms with van der Waals surface area (Å²) in [7, 11) is 3.02. The lowest BCUT2D eigenvalue weighted by atomic mass is 10.3. The van der Waals surface area contributed by atoms with Crippen molar-refractivity contribution in [1.82, 2.24) is 0 Å². The summed E-state index contributed by atoms with van der Waals surface area (Å²) < 4.78 is 14.6. The number of esters is 1. The van der Waals surface area contributed by atoms with Crippen molar-refractivity contribution in [3.05, 3.63) is 11.6 Å². The second-order valence-corrected chi connectivity index (χ2v) is 2.44. The van der Waals surface area contributed by atoms with Gasteiger partial charge in [0, 0.05) is 20.3 Å². The smallest absolute Gasteiger partial charge is 0.330 e. The van der Waals surface area contributed by atoms with E-state index in [-0.39, 0.29) is 5.97 Å². The third kappa shape index (κ3) is 4.65. The molecule has 0 aliphatic carbocycles. The maximum absolute atomic E-state index is 11.0. The van der Waals surface area contributed by atoms with Crippen molar-refractivity contribution < 1.29 is 19.0 Å². The lowest BCUT2D eigenvalue weighted by molar-refractivity contribution is -0.137. The first-order chi connectivity index (χ1) is 6.15. The van der Waals surface area contributed by atoms with Gasteiger partial charge in [-0.25, -0.2) is 4.79 Å². The van der Waals surface area contributed by atoms with Gasteiger partial charge in [-0.3, -0.25) is 0 Å². The van der Waals surface area contributed by atoms with Crippen LogP contribution in [0.25, 0.3) is 0 Å². The summed E-state index contributed by atoms with van der Waals surface area (Å²) in [5.74, 6) is -0.376. The normalized spacial score (nSPS) is 11.9. The molecule has 0 N–H and O–H groups in total. The first kappa shape index (κ1) is 12.1. The van der Waals surface area contributed by atoms with E-state index in [1.807, 2.05) is 0 Å². The maximum atomic E-state index is 11.0. The average Bonchev–Trinajstić information content (AvgIpc) is 2.06. The van der Waals surface area contributed by atoms with Crippen molar-refractivity contribution in [3.63, 3.8) is 0 Å². The molecule has 0 heterocycles. The summed E-state index contributed by atoms with van der Waals surface area (Å²) in [5.41, 5.74) is 0.684. The SMILES string of the molecule is CCOC(=O)/C=C(/C)C(OC)OC. The molecule has 0 bridgehead atoms. The topological polar surface area (TPSA) is 44.8 Å². The Bertz CT molecular complexity index is 182. The Labute approximate surface area is 78.5 Å². The molecule has 4 nitrogen and oxygen atoms in total. The van der Waals surface area contributed by atoms with E-state index >= 15 is 0 Å². The lowest BCUT2D eigenvalue weighted by Crippen LogP contribution is -2.15. The fraction of sp³-hybridized carbons (Fsp3) is 0.667. The molecule has 0 aliphatic rings. The number of ether oxygens (including phenoxy) is 3. The molecule has 0 aromatic rings. The Kier molecular flexibility index (Phi) is 6.18. The molecule has 0 saturated carbocycles. The van der Waals surface area contributed by atoms with Crippen molar-refractivity contribution >= 4 is 5.97 Å². The number of methoxy groups -OCH3 is 2. The second-order valence-electron chi connectivity index (χ2n) is 2.44. The van der Waals surface area contributed by atoms with E-state index in [2.05, 4.69) is 0 Å². The van der Waals surface area contributed by atoms with Crippen LogP contribution in [0.1, 0.15) is 13.8 Å². The highest BCUT2D eigenvalue weighted by atomic mass is 16.7. The average molecular weight is 188 g/mol. The Hall–Kier alpha value is -0.870. The molecule has 13 heavy (non-hydrogen) atoms. The highest BCUT2D eigenvalue weighted by Gasteiger charge is 2.09. The van der Waals surface area contributed by atoms with Crippen molar-refractivity contribution in [2.75, 3.05) is 20.8 Å². The highest BCUT2D eigenvalue weighted by molar-refractivity contribution is 5.82. The Balaban J connectivity index is 4.20. The summed E-state index contributed by atoms with van der Waals surface area (Å²) in [6, 6.07) is 0. The second kappa shape index (κ2) is 6.62. The van der Waals surface area contributed by atoms with Crippen LogP contribution in [0.15, 0.2) is 11.6 Å². The Morgan fingerprint density at radius 2 is 1.92 bits per heavy atom.